The molecule has 2 atom stereocenters. The van der Waals surface area contributed by atoms with Gasteiger partial charge in [-0.2, -0.15) is 0 Å². The molecule has 8 heteroatoms. The molecule has 1 aromatic heterocycles. The van der Waals surface area contributed by atoms with Crippen molar-refractivity contribution in [2.45, 2.75) is 44.7 Å². The van der Waals surface area contributed by atoms with Crippen LogP contribution in [0.5, 0.6) is 0 Å². The summed E-state index contributed by atoms with van der Waals surface area (Å²) in [7, 11) is 0. The highest BCUT2D eigenvalue weighted by Crippen LogP contribution is 2.28. The molecule has 1 amide bonds. The zero-order chi connectivity index (χ0) is 16.9. The smallest absolute Gasteiger partial charge is 0.220 e. The Labute approximate surface area is 171 Å². The number of nitrogens with zero attached hydrogens (tertiary/aromatic N) is 1. The maximum atomic E-state index is 12.1. The van der Waals surface area contributed by atoms with Crippen LogP contribution in [0.3, 0.4) is 0 Å². The van der Waals surface area contributed by atoms with Gasteiger partial charge >= 0.3 is 0 Å². The van der Waals surface area contributed by atoms with Gasteiger partial charge in [0, 0.05) is 30.5 Å². The summed E-state index contributed by atoms with van der Waals surface area (Å²) >= 11 is 6.16. The molecule has 1 fully saturated rings. The molecule has 2 heterocycles. The normalized spacial score (nSPS) is 19.2. The van der Waals surface area contributed by atoms with E-state index in [4.69, 9.17) is 16.0 Å². The molecule has 0 radical (unpaired) electrons. The molecule has 3 rings (SSSR count). The van der Waals surface area contributed by atoms with Gasteiger partial charge in [0.15, 0.2) is 11.7 Å². The molecule has 1 saturated heterocycles. The van der Waals surface area contributed by atoms with Crippen molar-refractivity contribution in [3.8, 4) is 11.3 Å². The van der Waals surface area contributed by atoms with Gasteiger partial charge in [-0.25, -0.2) is 4.98 Å². The van der Waals surface area contributed by atoms with Crippen molar-refractivity contribution >= 4 is 42.3 Å². The highest BCUT2D eigenvalue weighted by molar-refractivity contribution is 6.33. The van der Waals surface area contributed by atoms with Gasteiger partial charge in [-0.15, -0.1) is 24.8 Å². The van der Waals surface area contributed by atoms with Crippen molar-refractivity contribution in [3.05, 3.63) is 41.4 Å². The van der Waals surface area contributed by atoms with Crippen LogP contribution in [0.15, 0.2) is 34.9 Å². The van der Waals surface area contributed by atoms with Gasteiger partial charge in [-0.3, -0.25) is 4.79 Å². The maximum Gasteiger partial charge on any atom is 0.220 e. The summed E-state index contributed by atoms with van der Waals surface area (Å²) < 4.78 is 5.72. The van der Waals surface area contributed by atoms with Crippen LogP contribution in [0.4, 0.5) is 0 Å². The number of halogens is 3. The molecule has 0 aliphatic carbocycles. The largest absolute Gasteiger partial charge is 0.441 e. The average Bonchev–Trinajstić information content (AvgIpc) is 3.04. The molecule has 2 aromatic rings. The first-order valence-electron chi connectivity index (χ1n) is 8.36. The van der Waals surface area contributed by atoms with Crippen LogP contribution in [0.1, 0.15) is 32.1 Å². The van der Waals surface area contributed by atoms with E-state index in [0.717, 1.165) is 24.9 Å². The average molecular weight is 421 g/mol. The van der Waals surface area contributed by atoms with Gasteiger partial charge < -0.3 is 15.1 Å². The van der Waals surface area contributed by atoms with Gasteiger partial charge in [0.25, 0.3) is 0 Å². The minimum atomic E-state index is 0. The van der Waals surface area contributed by atoms with Crippen molar-refractivity contribution < 1.29 is 9.21 Å². The van der Waals surface area contributed by atoms with Crippen molar-refractivity contribution in [1.29, 1.82) is 0 Å². The number of nitrogens with one attached hydrogen (secondary N) is 2. The van der Waals surface area contributed by atoms with Crippen molar-refractivity contribution in [2.75, 3.05) is 6.54 Å². The van der Waals surface area contributed by atoms with Gasteiger partial charge in [-0.05, 0) is 38.4 Å². The number of benzene rings is 1. The van der Waals surface area contributed by atoms with Gasteiger partial charge in [0.2, 0.25) is 5.91 Å². The quantitative estimate of drug-likeness (QED) is 0.766. The minimum Gasteiger partial charge on any atom is -0.441 e. The monoisotopic (exact) mass is 419 g/mol. The Bertz CT molecular complexity index is 708. The summed E-state index contributed by atoms with van der Waals surface area (Å²) in [5, 5.41) is 7.10. The van der Waals surface area contributed by atoms with Crippen LogP contribution in [-0.2, 0) is 11.2 Å². The summed E-state index contributed by atoms with van der Waals surface area (Å²) in [5.41, 5.74) is 0.810. The van der Waals surface area contributed by atoms with E-state index in [9.17, 15) is 4.79 Å². The number of hydrogen-bond acceptors (Lipinski definition) is 4. The molecule has 5 nitrogen and oxygen atoms in total. The van der Waals surface area contributed by atoms with Gasteiger partial charge in [-0.1, -0.05) is 23.7 Å². The number of oxazole rings is 1. The van der Waals surface area contributed by atoms with Crippen molar-refractivity contribution in [3.63, 3.8) is 0 Å². The fraction of sp³-hybridized carbons (Fsp3) is 0.444. The standard InChI is InChI=1S/C18H22ClN3O2.2ClH/c1-12-15(7-4-10-20-12)22-17(23)8-9-18-21-11-16(24-18)13-5-2-3-6-14(13)19;;/h2-3,5-6,11-12,15,20H,4,7-10H2,1H3,(H,22,23);2*1H. The summed E-state index contributed by atoms with van der Waals surface area (Å²) in [6.45, 7) is 3.13. The summed E-state index contributed by atoms with van der Waals surface area (Å²) in [6.07, 6.45) is 4.61. The number of carbonyl (C=O) groups is 1. The van der Waals surface area contributed by atoms with Crippen LogP contribution < -0.4 is 10.6 Å². The first-order chi connectivity index (χ1) is 11.6. The predicted octanol–water partition coefficient (Wildman–Crippen LogP) is 4.03. The zero-order valence-electron chi connectivity index (χ0n) is 14.5. The van der Waals surface area contributed by atoms with Gasteiger partial charge in [0.05, 0.1) is 11.2 Å². The lowest BCUT2D eigenvalue weighted by atomic mass is 10.00. The summed E-state index contributed by atoms with van der Waals surface area (Å²) in [6, 6.07) is 7.98. The van der Waals surface area contributed by atoms with E-state index in [1.807, 2.05) is 24.3 Å². The second-order valence-corrected chi connectivity index (χ2v) is 6.56. The third-order valence-electron chi connectivity index (χ3n) is 4.37. The number of aromatic nitrogens is 1. The number of aryl methyl sites for hydroxylation is 1. The molecule has 2 unspecified atom stereocenters. The molecular formula is C18H24Cl3N3O2. The molecule has 0 saturated carbocycles. The Morgan fingerprint density at radius 1 is 1.38 bits per heavy atom. The van der Waals surface area contributed by atoms with Crippen molar-refractivity contribution in [2.24, 2.45) is 0 Å². The number of carbonyl (C=O) groups excluding carboxylic acids is 1. The molecule has 144 valence electrons. The van der Waals surface area contributed by atoms with Crippen LogP contribution in [0.2, 0.25) is 5.02 Å². The molecule has 1 aliphatic rings. The Balaban J connectivity index is 0.00000169. The summed E-state index contributed by atoms with van der Waals surface area (Å²) in [5.74, 6) is 1.21. The highest BCUT2D eigenvalue weighted by atomic mass is 35.5. The fourth-order valence-corrected chi connectivity index (χ4v) is 3.18. The van der Waals surface area contributed by atoms with E-state index in [-0.39, 0.29) is 36.8 Å². The van der Waals surface area contributed by atoms with Crippen LogP contribution in [0, 0.1) is 0 Å². The fourth-order valence-electron chi connectivity index (χ4n) is 2.95. The van der Waals surface area contributed by atoms with Crippen LogP contribution in [-0.4, -0.2) is 29.5 Å². The second-order valence-electron chi connectivity index (χ2n) is 6.16. The van der Waals surface area contributed by atoms with Crippen LogP contribution in [0.25, 0.3) is 11.3 Å². The number of hydrogen-bond donors (Lipinski definition) is 2. The molecular weight excluding hydrogens is 397 g/mol. The molecule has 1 aromatic carbocycles. The van der Waals surface area contributed by atoms with E-state index in [1.165, 1.54) is 0 Å². The minimum absolute atomic E-state index is 0. The Morgan fingerprint density at radius 2 is 2.15 bits per heavy atom. The Morgan fingerprint density at radius 3 is 2.88 bits per heavy atom. The predicted molar refractivity (Wildman–Crippen MR) is 108 cm³/mol. The number of rotatable bonds is 5. The lowest BCUT2D eigenvalue weighted by Gasteiger charge is -2.30. The third-order valence-corrected chi connectivity index (χ3v) is 4.70. The van der Waals surface area contributed by atoms with E-state index in [1.54, 1.807) is 6.20 Å². The highest BCUT2D eigenvalue weighted by Gasteiger charge is 2.22. The number of amides is 1. The third kappa shape index (κ3) is 5.88. The van der Waals surface area contributed by atoms with E-state index in [2.05, 4.69) is 22.5 Å². The molecule has 26 heavy (non-hydrogen) atoms. The Kier molecular flexibility index (Phi) is 9.44. The SMILES string of the molecule is CC1NCCCC1NC(=O)CCc1ncc(-c2ccccc2Cl)o1.Cl.Cl. The first-order valence-corrected chi connectivity index (χ1v) is 8.73. The summed E-state index contributed by atoms with van der Waals surface area (Å²) in [4.78, 5) is 16.4. The topological polar surface area (TPSA) is 67.2 Å². The molecule has 1 aliphatic heterocycles. The zero-order valence-corrected chi connectivity index (χ0v) is 16.9. The molecule has 0 bridgehead atoms. The van der Waals surface area contributed by atoms with E-state index < -0.39 is 0 Å². The molecule has 2 N–H and O–H groups in total. The van der Waals surface area contributed by atoms with E-state index in [0.29, 0.717) is 35.6 Å². The first kappa shape index (κ1) is 22.8. The van der Waals surface area contributed by atoms with E-state index >= 15 is 0 Å². The number of piperidine rings is 1. The van der Waals surface area contributed by atoms with Gasteiger partial charge in [0.1, 0.15) is 0 Å². The second kappa shape index (κ2) is 10.8. The lowest BCUT2D eigenvalue weighted by Crippen LogP contribution is -2.51. The Hall–Kier alpha value is -1.27. The lowest BCUT2D eigenvalue weighted by molar-refractivity contribution is -0.122. The maximum absolute atomic E-state index is 12.1. The van der Waals surface area contributed by atoms with Crippen LogP contribution >= 0.6 is 36.4 Å². The van der Waals surface area contributed by atoms with Crippen molar-refractivity contribution in [1.82, 2.24) is 15.6 Å². The molecule has 0 spiro atoms.